The molecule has 2 aromatic rings. The second kappa shape index (κ2) is 5.27. The van der Waals surface area contributed by atoms with Crippen LogP contribution in [0.2, 0.25) is 0 Å². The van der Waals surface area contributed by atoms with Gasteiger partial charge >= 0.3 is 0 Å². The summed E-state index contributed by atoms with van der Waals surface area (Å²) in [5, 5.41) is 3.28. The largest absolute Gasteiger partial charge is 0.360 e. The molecule has 0 aliphatic rings. The molecular formula is C11H14BrN5. The van der Waals surface area contributed by atoms with E-state index in [0.29, 0.717) is 0 Å². The van der Waals surface area contributed by atoms with Crippen LogP contribution in [0.5, 0.6) is 0 Å². The number of imidazole rings is 1. The number of nitrogens with zero attached hydrogens (tertiary/aromatic N) is 3. The molecule has 0 saturated carbocycles. The molecule has 6 heteroatoms. The summed E-state index contributed by atoms with van der Waals surface area (Å²) in [5.41, 5.74) is 0. The van der Waals surface area contributed by atoms with Gasteiger partial charge in [-0.1, -0.05) is 6.92 Å². The van der Waals surface area contributed by atoms with Gasteiger partial charge in [-0.25, -0.2) is 15.0 Å². The standard InChI is InChI=1S/C11H14BrN5/c1-3-9-16-8(12)6-10(17-9)15-7(2)11-13-4-5-14-11/h4-7H,3H2,1-2H3,(H,13,14)(H,15,16,17). The van der Waals surface area contributed by atoms with Crippen molar-refractivity contribution in [2.75, 3.05) is 5.32 Å². The van der Waals surface area contributed by atoms with Crippen molar-refractivity contribution >= 4 is 21.7 Å². The van der Waals surface area contributed by atoms with Gasteiger partial charge in [-0.15, -0.1) is 0 Å². The maximum absolute atomic E-state index is 4.41. The highest BCUT2D eigenvalue weighted by atomic mass is 79.9. The lowest BCUT2D eigenvalue weighted by Gasteiger charge is -2.12. The van der Waals surface area contributed by atoms with E-state index < -0.39 is 0 Å². The molecule has 2 N–H and O–H groups in total. The smallest absolute Gasteiger partial charge is 0.131 e. The fraction of sp³-hybridized carbons (Fsp3) is 0.364. The first-order valence-electron chi connectivity index (χ1n) is 5.48. The number of aromatic amines is 1. The van der Waals surface area contributed by atoms with E-state index in [1.54, 1.807) is 12.4 Å². The summed E-state index contributed by atoms with van der Waals surface area (Å²) in [6, 6.07) is 1.94. The Morgan fingerprint density at radius 3 is 2.94 bits per heavy atom. The third-order valence-electron chi connectivity index (χ3n) is 2.35. The van der Waals surface area contributed by atoms with Crippen molar-refractivity contribution in [3.63, 3.8) is 0 Å². The van der Waals surface area contributed by atoms with Gasteiger partial charge in [0.05, 0.1) is 6.04 Å². The number of aromatic nitrogens is 4. The van der Waals surface area contributed by atoms with Crippen molar-refractivity contribution in [1.29, 1.82) is 0 Å². The number of rotatable bonds is 4. The Balaban J connectivity index is 2.15. The Hall–Kier alpha value is -1.43. The Kier molecular flexibility index (Phi) is 3.73. The lowest BCUT2D eigenvalue weighted by Crippen LogP contribution is -2.10. The summed E-state index contributed by atoms with van der Waals surface area (Å²) in [6.45, 7) is 4.06. The first kappa shape index (κ1) is 12.0. The minimum absolute atomic E-state index is 0.0801. The molecule has 90 valence electrons. The summed E-state index contributed by atoms with van der Waals surface area (Å²) in [5.74, 6) is 2.50. The summed E-state index contributed by atoms with van der Waals surface area (Å²) >= 11 is 3.38. The van der Waals surface area contributed by atoms with Crippen LogP contribution in [-0.4, -0.2) is 19.9 Å². The highest BCUT2D eigenvalue weighted by molar-refractivity contribution is 9.10. The van der Waals surface area contributed by atoms with Crippen LogP contribution in [0.15, 0.2) is 23.1 Å². The fourth-order valence-corrected chi connectivity index (χ4v) is 1.92. The maximum Gasteiger partial charge on any atom is 0.131 e. The SMILES string of the molecule is CCc1nc(Br)cc(NC(C)c2ncc[nH]2)n1. The van der Waals surface area contributed by atoms with Crippen molar-refractivity contribution in [3.05, 3.63) is 34.7 Å². The molecule has 0 fully saturated rings. The van der Waals surface area contributed by atoms with Crippen molar-refractivity contribution in [1.82, 2.24) is 19.9 Å². The van der Waals surface area contributed by atoms with Gasteiger partial charge in [0.25, 0.3) is 0 Å². The lowest BCUT2D eigenvalue weighted by molar-refractivity contribution is 0.796. The highest BCUT2D eigenvalue weighted by Gasteiger charge is 2.09. The number of hydrogen-bond acceptors (Lipinski definition) is 4. The molecule has 17 heavy (non-hydrogen) atoms. The Morgan fingerprint density at radius 2 is 2.29 bits per heavy atom. The molecule has 0 aliphatic heterocycles. The van der Waals surface area contributed by atoms with E-state index in [1.807, 2.05) is 19.9 Å². The van der Waals surface area contributed by atoms with Gasteiger partial charge in [-0.05, 0) is 22.9 Å². The van der Waals surface area contributed by atoms with E-state index in [1.165, 1.54) is 0 Å². The first-order valence-corrected chi connectivity index (χ1v) is 6.27. The third-order valence-corrected chi connectivity index (χ3v) is 2.76. The summed E-state index contributed by atoms with van der Waals surface area (Å²) in [7, 11) is 0. The van der Waals surface area contributed by atoms with Crippen LogP contribution in [0.25, 0.3) is 0 Å². The fourth-order valence-electron chi connectivity index (χ4n) is 1.50. The van der Waals surface area contributed by atoms with Crippen LogP contribution in [0.3, 0.4) is 0 Å². The van der Waals surface area contributed by atoms with Crippen molar-refractivity contribution in [2.45, 2.75) is 26.3 Å². The van der Waals surface area contributed by atoms with E-state index in [9.17, 15) is 0 Å². The predicted octanol–water partition coefficient (Wildman–Crippen LogP) is 2.70. The Morgan fingerprint density at radius 1 is 1.47 bits per heavy atom. The average Bonchev–Trinajstić information content (AvgIpc) is 2.81. The topological polar surface area (TPSA) is 66.5 Å². The number of aryl methyl sites for hydroxylation is 1. The molecule has 0 saturated heterocycles. The van der Waals surface area contributed by atoms with Crippen LogP contribution < -0.4 is 5.32 Å². The highest BCUT2D eigenvalue weighted by Crippen LogP contribution is 2.17. The Labute approximate surface area is 108 Å². The van der Waals surface area contributed by atoms with Crippen LogP contribution in [0.4, 0.5) is 5.82 Å². The van der Waals surface area contributed by atoms with Crippen LogP contribution in [0, 0.1) is 0 Å². The van der Waals surface area contributed by atoms with Crippen molar-refractivity contribution in [2.24, 2.45) is 0 Å². The molecule has 0 amide bonds. The number of H-pyrrole nitrogens is 1. The minimum Gasteiger partial charge on any atom is -0.360 e. The molecule has 1 atom stereocenters. The first-order chi connectivity index (χ1) is 8.19. The third kappa shape index (κ3) is 3.03. The summed E-state index contributed by atoms with van der Waals surface area (Å²) in [4.78, 5) is 15.9. The van der Waals surface area contributed by atoms with E-state index in [4.69, 9.17) is 0 Å². The number of hydrogen-bond donors (Lipinski definition) is 2. The molecule has 0 spiro atoms. The molecule has 0 aliphatic carbocycles. The van der Waals surface area contributed by atoms with Gasteiger partial charge in [-0.2, -0.15) is 0 Å². The molecule has 0 aromatic carbocycles. The van der Waals surface area contributed by atoms with Gasteiger partial charge in [0.15, 0.2) is 0 Å². The number of nitrogens with one attached hydrogen (secondary N) is 2. The van der Waals surface area contributed by atoms with Crippen molar-refractivity contribution in [3.8, 4) is 0 Å². The molecular weight excluding hydrogens is 282 g/mol. The van der Waals surface area contributed by atoms with E-state index in [2.05, 4.69) is 41.2 Å². The summed E-state index contributed by atoms with van der Waals surface area (Å²) in [6.07, 6.45) is 4.35. The zero-order chi connectivity index (χ0) is 12.3. The summed E-state index contributed by atoms with van der Waals surface area (Å²) < 4.78 is 0.790. The van der Waals surface area contributed by atoms with Crippen LogP contribution in [-0.2, 0) is 6.42 Å². The molecule has 0 radical (unpaired) electrons. The second-order valence-corrected chi connectivity index (χ2v) is 4.50. The van der Waals surface area contributed by atoms with Gasteiger partial charge in [0.2, 0.25) is 0 Å². The van der Waals surface area contributed by atoms with E-state index in [-0.39, 0.29) is 6.04 Å². The molecule has 2 rings (SSSR count). The quantitative estimate of drug-likeness (QED) is 0.851. The van der Waals surface area contributed by atoms with E-state index >= 15 is 0 Å². The normalized spacial score (nSPS) is 12.4. The zero-order valence-corrected chi connectivity index (χ0v) is 11.3. The van der Waals surface area contributed by atoms with Gasteiger partial charge in [0.1, 0.15) is 22.1 Å². The average molecular weight is 296 g/mol. The van der Waals surface area contributed by atoms with Crippen molar-refractivity contribution < 1.29 is 0 Å². The van der Waals surface area contributed by atoms with Gasteiger partial charge in [-0.3, -0.25) is 0 Å². The number of anilines is 1. The zero-order valence-electron chi connectivity index (χ0n) is 9.74. The molecule has 2 aromatic heterocycles. The molecule has 2 heterocycles. The van der Waals surface area contributed by atoms with E-state index in [0.717, 1.165) is 28.5 Å². The minimum atomic E-state index is 0.0801. The lowest BCUT2D eigenvalue weighted by atomic mass is 10.3. The molecule has 5 nitrogen and oxygen atoms in total. The molecule has 1 unspecified atom stereocenters. The number of halogens is 1. The second-order valence-electron chi connectivity index (χ2n) is 3.69. The van der Waals surface area contributed by atoms with Crippen LogP contribution >= 0.6 is 15.9 Å². The van der Waals surface area contributed by atoms with Crippen LogP contribution in [0.1, 0.15) is 31.5 Å². The molecule has 0 bridgehead atoms. The van der Waals surface area contributed by atoms with Gasteiger partial charge in [0, 0.05) is 24.9 Å². The Bertz CT molecular complexity index is 483. The maximum atomic E-state index is 4.41. The predicted molar refractivity (Wildman–Crippen MR) is 69.7 cm³/mol. The van der Waals surface area contributed by atoms with Gasteiger partial charge < -0.3 is 10.3 Å². The monoisotopic (exact) mass is 295 g/mol.